The number of ether oxygens (including phenoxy) is 1. The number of aromatic nitrogens is 3. The molecule has 0 spiro atoms. The third-order valence-electron chi connectivity index (χ3n) is 8.50. The normalized spacial score (nSPS) is 15.4. The fourth-order valence-electron chi connectivity index (χ4n) is 6.19. The summed E-state index contributed by atoms with van der Waals surface area (Å²) in [6, 6.07) is 11.2. The minimum Gasteiger partial charge on any atom is -0.755 e. The molecule has 1 fully saturated rings. The standard InChI is InChI=1S/C34H40N6O6S/c1-4-6-9-22-15-21(3)16-23(10-7-5-2)30(22)46-34(43)29-26(18-35)20-40-32(29)36-31(37-40)24-12-13-28(27(17-24)38-47(44)45)39-14-8-11-25(19-39)33(41)42/h12-13,15-17,20,25,38H,4-11,14,19H2,1-3H3,(H,36,37)(H,41,42)(H,44,45)/p-1. The number of nitrogens with zero attached hydrogens (tertiary/aromatic N) is 4. The van der Waals surface area contributed by atoms with Crippen molar-refractivity contribution in [3.63, 3.8) is 0 Å². The quantitative estimate of drug-likeness (QED) is 0.0893. The van der Waals surface area contributed by atoms with Crippen molar-refractivity contribution in [1.29, 1.82) is 5.26 Å². The molecular weight excluding hydrogens is 620 g/mol. The molecule has 2 aromatic carbocycles. The molecule has 2 unspecified atom stereocenters. The molecule has 0 bridgehead atoms. The van der Waals surface area contributed by atoms with Gasteiger partial charge in [-0.25, -0.2) is 14.3 Å². The fourth-order valence-corrected chi connectivity index (χ4v) is 6.53. The maximum atomic E-state index is 13.9. The lowest BCUT2D eigenvalue weighted by Gasteiger charge is -2.34. The highest BCUT2D eigenvalue weighted by atomic mass is 32.2. The lowest BCUT2D eigenvalue weighted by atomic mass is 9.97. The molecule has 0 amide bonds. The van der Waals surface area contributed by atoms with Gasteiger partial charge in [-0.3, -0.25) is 14.1 Å². The number of anilines is 2. The zero-order valence-corrected chi connectivity index (χ0v) is 27.6. The van der Waals surface area contributed by atoms with Crippen LogP contribution in [0.1, 0.15) is 85.0 Å². The van der Waals surface area contributed by atoms with Gasteiger partial charge in [-0.1, -0.05) is 44.4 Å². The van der Waals surface area contributed by atoms with E-state index in [1.165, 1.54) is 10.7 Å². The number of hydrogen-bond acceptors (Lipinski definition) is 8. The highest BCUT2D eigenvalue weighted by Crippen LogP contribution is 2.35. The van der Waals surface area contributed by atoms with Gasteiger partial charge in [0, 0.05) is 36.1 Å². The average molecular weight is 660 g/mol. The summed E-state index contributed by atoms with van der Waals surface area (Å²) in [5.74, 6) is -1.25. The van der Waals surface area contributed by atoms with E-state index in [2.05, 4.69) is 46.9 Å². The monoisotopic (exact) mass is 659 g/mol. The van der Waals surface area contributed by atoms with Crippen LogP contribution in [0.2, 0.25) is 0 Å². The largest absolute Gasteiger partial charge is 0.755 e. The molecule has 0 saturated carbocycles. The molecule has 1 saturated heterocycles. The summed E-state index contributed by atoms with van der Waals surface area (Å²) in [4.78, 5) is 32.0. The Bertz CT molecular complexity index is 1830. The second kappa shape index (κ2) is 14.8. The second-order valence-corrected chi connectivity index (χ2v) is 12.7. The summed E-state index contributed by atoms with van der Waals surface area (Å²) >= 11 is -2.64. The molecule has 1 aliphatic rings. The van der Waals surface area contributed by atoms with E-state index < -0.39 is 29.1 Å². The molecular formula is C34H39N6O6S-. The Hall–Kier alpha value is -4.67. The molecule has 0 radical (unpaired) electrons. The Morgan fingerprint density at radius 2 is 1.89 bits per heavy atom. The van der Waals surface area contributed by atoms with E-state index in [9.17, 15) is 28.7 Å². The van der Waals surface area contributed by atoms with Gasteiger partial charge in [0.25, 0.3) is 0 Å². The van der Waals surface area contributed by atoms with E-state index in [4.69, 9.17) is 4.74 Å². The van der Waals surface area contributed by atoms with Crippen LogP contribution in [0.4, 0.5) is 11.4 Å². The van der Waals surface area contributed by atoms with E-state index >= 15 is 0 Å². The summed E-state index contributed by atoms with van der Waals surface area (Å²) in [5.41, 5.74) is 4.68. The first-order chi connectivity index (χ1) is 22.6. The van der Waals surface area contributed by atoms with E-state index in [1.54, 1.807) is 18.2 Å². The van der Waals surface area contributed by atoms with Crippen LogP contribution in [0.5, 0.6) is 5.75 Å². The highest BCUT2D eigenvalue weighted by Gasteiger charge is 2.28. The number of aliphatic carboxylic acids is 1. The van der Waals surface area contributed by atoms with Crippen LogP contribution in [0.15, 0.2) is 36.5 Å². The van der Waals surface area contributed by atoms with Crippen molar-refractivity contribution in [2.45, 2.75) is 72.1 Å². The number of esters is 1. The number of carbonyl (C=O) groups excluding carboxylic acids is 1. The van der Waals surface area contributed by atoms with Crippen LogP contribution in [-0.2, 0) is 28.9 Å². The first kappa shape index (κ1) is 33.7. The number of carboxylic acid groups (broad SMARTS) is 1. The molecule has 5 rings (SSSR count). The fraction of sp³-hybridized carbons (Fsp3) is 0.412. The molecule has 12 nitrogen and oxygen atoms in total. The van der Waals surface area contributed by atoms with Crippen LogP contribution in [0.3, 0.4) is 0 Å². The van der Waals surface area contributed by atoms with Crippen molar-refractivity contribution < 1.29 is 28.2 Å². The van der Waals surface area contributed by atoms with Gasteiger partial charge < -0.3 is 24.0 Å². The van der Waals surface area contributed by atoms with Crippen LogP contribution in [0, 0.1) is 24.2 Å². The number of aromatic amines is 1. The van der Waals surface area contributed by atoms with E-state index in [1.807, 2.05) is 11.8 Å². The van der Waals surface area contributed by atoms with Crippen molar-refractivity contribution in [3.8, 4) is 23.2 Å². The van der Waals surface area contributed by atoms with Crippen LogP contribution in [-0.4, -0.2) is 53.5 Å². The molecule has 248 valence electrons. The second-order valence-electron chi connectivity index (χ2n) is 12.0. The van der Waals surface area contributed by atoms with Crippen molar-refractivity contribution in [1.82, 2.24) is 14.6 Å². The number of nitrogens with one attached hydrogen (secondary N) is 2. The lowest BCUT2D eigenvalue weighted by molar-refractivity contribution is -0.141. The van der Waals surface area contributed by atoms with E-state index in [-0.39, 0.29) is 29.0 Å². The minimum atomic E-state index is -2.64. The smallest absolute Gasteiger partial charge is 0.348 e. The van der Waals surface area contributed by atoms with E-state index in [0.29, 0.717) is 42.2 Å². The highest BCUT2D eigenvalue weighted by molar-refractivity contribution is 7.80. The summed E-state index contributed by atoms with van der Waals surface area (Å²) in [6.45, 7) is 7.09. The SMILES string of the molecule is CCCCc1cc(C)cc(CCCC)c1OC(=O)c1c(C#N)cn2[nH]c(-c3ccc(N4CCCC(C(=O)O)C4)c(NS(=O)[O-])c3)nc12. The number of fused-ring (bicyclic) bond motifs is 1. The van der Waals surface area contributed by atoms with Gasteiger partial charge in [-0.05, 0) is 74.8 Å². The number of carbonyl (C=O) groups is 2. The minimum absolute atomic E-state index is 0.0297. The van der Waals surface area contributed by atoms with Gasteiger partial charge in [-0.2, -0.15) is 5.26 Å². The summed E-state index contributed by atoms with van der Waals surface area (Å²) in [5, 5.41) is 22.5. The number of rotatable bonds is 13. The van der Waals surface area contributed by atoms with Gasteiger partial charge in [0.1, 0.15) is 17.4 Å². The maximum absolute atomic E-state index is 13.9. The number of piperidine rings is 1. The number of H-pyrrole nitrogens is 1. The molecule has 47 heavy (non-hydrogen) atoms. The third kappa shape index (κ3) is 7.50. The average Bonchev–Trinajstić information content (AvgIpc) is 3.61. The molecule has 2 aromatic heterocycles. The first-order valence-corrected chi connectivity index (χ1v) is 17.0. The lowest BCUT2D eigenvalue weighted by Crippen LogP contribution is -2.39. The molecule has 2 atom stereocenters. The van der Waals surface area contributed by atoms with Crippen LogP contribution >= 0.6 is 0 Å². The summed E-state index contributed by atoms with van der Waals surface area (Å²) < 4.78 is 33.5. The number of nitriles is 1. The number of unbranched alkanes of at least 4 members (excludes halogenated alkanes) is 2. The predicted octanol–water partition coefficient (Wildman–Crippen LogP) is 5.92. The number of hydrogen-bond donors (Lipinski definition) is 3. The Morgan fingerprint density at radius 3 is 2.51 bits per heavy atom. The molecule has 3 heterocycles. The van der Waals surface area contributed by atoms with Gasteiger partial charge in [0.05, 0.1) is 22.9 Å². The van der Waals surface area contributed by atoms with Crippen LogP contribution < -0.4 is 14.4 Å². The van der Waals surface area contributed by atoms with Gasteiger partial charge >= 0.3 is 11.9 Å². The molecule has 0 aliphatic carbocycles. The topological polar surface area (TPSA) is 176 Å². The van der Waals surface area contributed by atoms with Gasteiger partial charge in [-0.15, -0.1) is 0 Å². The predicted molar refractivity (Wildman–Crippen MR) is 178 cm³/mol. The number of benzene rings is 2. The molecule has 4 aromatic rings. The summed E-state index contributed by atoms with van der Waals surface area (Å²) in [7, 11) is 0. The first-order valence-electron chi connectivity index (χ1n) is 16.0. The summed E-state index contributed by atoms with van der Waals surface area (Å²) in [6.07, 6.45) is 8.08. The van der Waals surface area contributed by atoms with Crippen molar-refractivity contribution >= 4 is 40.2 Å². The molecule has 13 heteroatoms. The molecule has 3 N–H and O–H groups in total. The van der Waals surface area contributed by atoms with Gasteiger partial charge in [0.2, 0.25) is 0 Å². The third-order valence-corrected chi connectivity index (χ3v) is 8.89. The van der Waals surface area contributed by atoms with Crippen LogP contribution in [0.25, 0.3) is 17.0 Å². The Labute approximate surface area is 276 Å². The Kier molecular flexibility index (Phi) is 10.6. The zero-order chi connectivity index (χ0) is 33.7. The Balaban J connectivity index is 1.51. The van der Waals surface area contributed by atoms with Crippen molar-refractivity contribution in [2.24, 2.45) is 5.92 Å². The van der Waals surface area contributed by atoms with Gasteiger partial charge in [0.15, 0.2) is 11.5 Å². The van der Waals surface area contributed by atoms with E-state index in [0.717, 1.165) is 55.2 Å². The number of carboxylic acids is 1. The maximum Gasteiger partial charge on any atom is 0.348 e. The molecule has 1 aliphatic heterocycles. The van der Waals surface area contributed by atoms with Crippen molar-refractivity contribution in [2.75, 3.05) is 22.7 Å². The van der Waals surface area contributed by atoms with Crippen molar-refractivity contribution in [3.05, 3.63) is 64.3 Å². The Morgan fingerprint density at radius 1 is 1.19 bits per heavy atom. The number of aryl methyl sites for hydroxylation is 3. The zero-order valence-electron chi connectivity index (χ0n) is 26.8.